The van der Waals surface area contributed by atoms with Crippen LogP contribution in [0.5, 0.6) is 0 Å². The first-order valence-corrected chi connectivity index (χ1v) is 10.6. The van der Waals surface area contributed by atoms with Gasteiger partial charge in [0.25, 0.3) is 0 Å². The molecule has 1 aliphatic carbocycles. The Balaban J connectivity index is 1.76. The maximum atomic E-state index is 13.7. The van der Waals surface area contributed by atoms with Gasteiger partial charge < -0.3 is 4.57 Å². The minimum atomic E-state index is -0.910. The molecule has 0 aliphatic heterocycles. The Bertz CT molecular complexity index is 964. The Hall–Kier alpha value is -2.56. The lowest BCUT2D eigenvalue weighted by atomic mass is 9.95. The first-order valence-electron chi connectivity index (χ1n) is 10.6. The van der Waals surface area contributed by atoms with Gasteiger partial charge >= 0.3 is 0 Å². The van der Waals surface area contributed by atoms with Crippen LogP contribution in [0.2, 0.25) is 0 Å². The predicted octanol–water partition coefficient (Wildman–Crippen LogP) is 6.00. The van der Waals surface area contributed by atoms with Crippen LogP contribution in [0.1, 0.15) is 52.8 Å². The second-order valence-corrected chi connectivity index (χ2v) is 7.69. The number of aromatic nitrogens is 3. The van der Waals surface area contributed by atoms with E-state index in [1.54, 1.807) is 6.08 Å². The van der Waals surface area contributed by atoms with Gasteiger partial charge in [0.15, 0.2) is 0 Å². The van der Waals surface area contributed by atoms with Gasteiger partial charge in [-0.05, 0) is 55.9 Å². The fraction of sp³-hybridized carbons (Fsp3) is 0.458. The third-order valence-corrected chi connectivity index (χ3v) is 5.48. The minimum Gasteiger partial charge on any atom is -0.328 e. The normalized spacial score (nSPS) is 18.9. The average molecular weight is 395 g/mol. The molecule has 2 aromatic heterocycles. The van der Waals surface area contributed by atoms with Crippen molar-refractivity contribution in [2.45, 2.75) is 66.1 Å². The molecule has 2 aromatic rings. The number of hydrogen-bond acceptors (Lipinski definition) is 3. The number of rotatable bonds is 8. The molecule has 0 saturated carbocycles. The van der Waals surface area contributed by atoms with Crippen LogP contribution in [0.25, 0.3) is 11.0 Å². The zero-order valence-corrected chi connectivity index (χ0v) is 17.9. The van der Waals surface area contributed by atoms with E-state index in [0.717, 1.165) is 59.5 Å². The minimum absolute atomic E-state index is 0.345. The van der Waals surface area contributed by atoms with Crippen molar-refractivity contribution >= 4 is 16.7 Å². The van der Waals surface area contributed by atoms with Gasteiger partial charge in [-0.15, -0.1) is 0 Å². The van der Waals surface area contributed by atoms with E-state index in [1.165, 1.54) is 0 Å². The maximum Gasteiger partial charge on any atom is 0.123 e. The predicted molar refractivity (Wildman–Crippen MR) is 119 cm³/mol. The summed E-state index contributed by atoms with van der Waals surface area (Å²) < 4.78 is 16.0. The van der Waals surface area contributed by atoms with Gasteiger partial charge in [0.2, 0.25) is 0 Å². The zero-order valence-electron chi connectivity index (χ0n) is 17.9. The van der Waals surface area contributed by atoms with Crippen molar-refractivity contribution in [3.05, 3.63) is 59.9 Å². The standard InChI is InChI=1S/C24H31FN4/c1-5-13-29-23-10-11-26-16-22(23)28-24(29)14-19(6-2)9-12-27-18(4)21-15-20(25)8-7-17(21)3/h7,9-12,15-16,19-20H,5-6,8,13-14H2,1-4H3/b12-9-,27-18?. The molecule has 0 radical (unpaired) electrons. The summed E-state index contributed by atoms with van der Waals surface area (Å²) in [6.07, 6.45) is 13.8. The monoisotopic (exact) mass is 394 g/mol. The van der Waals surface area contributed by atoms with Crippen LogP contribution < -0.4 is 0 Å². The molecule has 5 heteroatoms. The molecule has 0 spiro atoms. The lowest BCUT2D eigenvalue weighted by Gasteiger charge is -2.15. The quantitative estimate of drug-likeness (QED) is 0.515. The maximum absolute atomic E-state index is 13.7. The highest BCUT2D eigenvalue weighted by molar-refractivity contribution is 6.02. The zero-order chi connectivity index (χ0) is 20.8. The molecule has 1 aliphatic rings. The molecular weight excluding hydrogens is 363 g/mol. The molecule has 154 valence electrons. The molecule has 29 heavy (non-hydrogen) atoms. The molecule has 4 nitrogen and oxygen atoms in total. The number of halogens is 1. The molecule has 0 N–H and O–H groups in total. The summed E-state index contributed by atoms with van der Waals surface area (Å²) in [6.45, 7) is 9.29. The van der Waals surface area contributed by atoms with Crippen molar-refractivity contribution in [2.75, 3.05) is 0 Å². The fourth-order valence-electron chi connectivity index (χ4n) is 3.78. The summed E-state index contributed by atoms with van der Waals surface area (Å²) in [6, 6.07) is 2.04. The smallest absolute Gasteiger partial charge is 0.123 e. The largest absolute Gasteiger partial charge is 0.328 e. The highest BCUT2D eigenvalue weighted by Crippen LogP contribution is 2.23. The van der Waals surface area contributed by atoms with Crippen LogP contribution >= 0.6 is 0 Å². The van der Waals surface area contributed by atoms with Crippen LogP contribution in [-0.4, -0.2) is 26.4 Å². The molecule has 0 aromatic carbocycles. The first-order chi connectivity index (χ1) is 14.0. The van der Waals surface area contributed by atoms with Gasteiger partial charge in [-0.2, -0.15) is 0 Å². The number of fused-ring (bicyclic) bond motifs is 1. The number of aliphatic imine (C=N–C) groups is 1. The second-order valence-electron chi connectivity index (χ2n) is 7.69. The molecule has 3 rings (SSSR count). The molecule has 2 heterocycles. The molecule has 0 amide bonds. The van der Waals surface area contributed by atoms with Crippen molar-refractivity contribution < 1.29 is 4.39 Å². The third-order valence-electron chi connectivity index (χ3n) is 5.48. The van der Waals surface area contributed by atoms with Crippen molar-refractivity contribution in [2.24, 2.45) is 10.9 Å². The van der Waals surface area contributed by atoms with E-state index in [0.29, 0.717) is 12.3 Å². The van der Waals surface area contributed by atoms with E-state index < -0.39 is 6.17 Å². The fourth-order valence-corrected chi connectivity index (χ4v) is 3.78. The Morgan fingerprint density at radius 2 is 2.24 bits per heavy atom. The summed E-state index contributed by atoms with van der Waals surface area (Å²) in [4.78, 5) is 13.6. The van der Waals surface area contributed by atoms with Crippen LogP contribution in [0, 0.1) is 5.92 Å². The number of hydrogen-bond donors (Lipinski definition) is 0. The van der Waals surface area contributed by atoms with Crippen molar-refractivity contribution in [3.63, 3.8) is 0 Å². The van der Waals surface area contributed by atoms with E-state index in [-0.39, 0.29) is 0 Å². The number of pyridine rings is 1. The van der Waals surface area contributed by atoms with E-state index in [4.69, 9.17) is 4.98 Å². The summed E-state index contributed by atoms with van der Waals surface area (Å²) in [5.74, 6) is 1.44. The average Bonchev–Trinajstić information content (AvgIpc) is 3.06. The van der Waals surface area contributed by atoms with E-state index in [9.17, 15) is 4.39 Å². The Labute approximate surface area is 173 Å². The number of imidazole rings is 1. The number of allylic oxidation sites excluding steroid dienone is 5. The Morgan fingerprint density at radius 3 is 3.00 bits per heavy atom. The third kappa shape index (κ3) is 5.08. The molecular formula is C24H31FN4. The summed E-state index contributed by atoms with van der Waals surface area (Å²) in [5, 5.41) is 0. The van der Waals surface area contributed by atoms with Crippen molar-refractivity contribution in [1.82, 2.24) is 14.5 Å². The van der Waals surface area contributed by atoms with Crippen molar-refractivity contribution in [1.29, 1.82) is 0 Å². The number of aryl methyl sites for hydroxylation is 1. The molecule has 0 fully saturated rings. The molecule has 2 atom stereocenters. The SMILES string of the molecule is CCCn1c(CC(/C=C\N=C(C)C2=CC(F)CC=C2C)CC)nc2cnccc21. The van der Waals surface area contributed by atoms with Gasteiger partial charge in [0, 0.05) is 37.5 Å². The van der Waals surface area contributed by atoms with Gasteiger partial charge in [-0.3, -0.25) is 9.98 Å². The van der Waals surface area contributed by atoms with Crippen LogP contribution in [-0.2, 0) is 13.0 Å². The summed E-state index contributed by atoms with van der Waals surface area (Å²) in [7, 11) is 0. The lowest BCUT2D eigenvalue weighted by Crippen LogP contribution is -2.09. The summed E-state index contributed by atoms with van der Waals surface area (Å²) >= 11 is 0. The first kappa shape index (κ1) is 21.2. The number of alkyl halides is 1. The Kier molecular flexibility index (Phi) is 7.13. The van der Waals surface area contributed by atoms with Crippen LogP contribution in [0.4, 0.5) is 4.39 Å². The van der Waals surface area contributed by atoms with Gasteiger partial charge in [0.05, 0.1) is 11.7 Å². The van der Waals surface area contributed by atoms with E-state index in [2.05, 4.69) is 34.5 Å². The van der Waals surface area contributed by atoms with E-state index in [1.807, 2.05) is 44.6 Å². The van der Waals surface area contributed by atoms with Gasteiger partial charge in [-0.25, -0.2) is 9.37 Å². The Morgan fingerprint density at radius 1 is 1.41 bits per heavy atom. The van der Waals surface area contributed by atoms with Crippen LogP contribution in [0.3, 0.4) is 0 Å². The van der Waals surface area contributed by atoms with E-state index >= 15 is 0 Å². The van der Waals surface area contributed by atoms with Gasteiger partial charge in [0.1, 0.15) is 17.5 Å². The topological polar surface area (TPSA) is 43.1 Å². The highest BCUT2D eigenvalue weighted by Gasteiger charge is 2.15. The number of nitrogens with zero attached hydrogens (tertiary/aromatic N) is 4. The van der Waals surface area contributed by atoms with Crippen molar-refractivity contribution in [3.8, 4) is 0 Å². The molecule has 0 bridgehead atoms. The molecule has 2 unspecified atom stereocenters. The summed E-state index contributed by atoms with van der Waals surface area (Å²) in [5.41, 5.74) is 4.98. The highest BCUT2D eigenvalue weighted by atomic mass is 19.1. The second kappa shape index (κ2) is 9.77. The van der Waals surface area contributed by atoms with Gasteiger partial charge in [-0.1, -0.05) is 26.0 Å². The van der Waals surface area contributed by atoms with Crippen LogP contribution in [0.15, 0.2) is 59.0 Å². The lowest BCUT2D eigenvalue weighted by molar-refractivity contribution is 0.399. The molecule has 0 saturated heterocycles.